The second-order valence-corrected chi connectivity index (χ2v) is 4.98. The number of hydrogen-bond acceptors (Lipinski definition) is 6. The Morgan fingerprint density at radius 3 is 2.74 bits per heavy atom. The van der Waals surface area contributed by atoms with Crippen molar-refractivity contribution in [3.05, 3.63) is 23.0 Å². The first kappa shape index (κ1) is 18.9. The number of carbonyl (C=O) groups excluding carboxylic acids is 2. The van der Waals surface area contributed by atoms with Crippen molar-refractivity contribution in [2.24, 2.45) is 0 Å². The van der Waals surface area contributed by atoms with E-state index in [1.807, 2.05) is 0 Å². The number of nitrogens with zero attached hydrogens (tertiary/aromatic N) is 1. The van der Waals surface area contributed by atoms with Gasteiger partial charge in [0.15, 0.2) is 5.75 Å². The Hall–Kier alpha value is -2.10. The summed E-state index contributed by atoms with van der Waals surface area (Å²) < 4.78 is 15.3. The zero-order valence-electron chi connectivity index (χ0n) is 13.1. The van der Waals surface area contributed by atoms with Crippen LogP contribution in [0.3, 0.4) is 0 Å². The Morgan fingerprint density at radius 2 is 2.13 bits per heavy atom. The number of esters is 1. The second kappa shape index (κ2) is 9.82. The molecule has 0 saturated carbocycles. The van der Waals surface area contributed by atoms with E-state index in [2.05, 4.69) is 10.9 Å². The lowest BCUT2D eigenvalue weighted by Gasteiger charge is -2.15. The molecule has 0 aliphatic carbocycles. The number of methoxy groups -OCH3 is 1. The van der Waals surface area contributed by atoms with Gasteiger partial charge in [0, 0.05) is 48.9 Å². The van der Waals surface area contributed by atoms with Crippen LogP contribution in [0.5, 0.6) is 5.75 Å². The first-order valence-corrected chi connectivity index (χ1v) is 7.30. The number of unbranched alkanes of at least 4 members (excludes halogenated alkanes) is 1. The van der Waals surface area contributed by atoms with E-state index >= 15 is 0 Å². The third kappa shape index (κ3) is 6.27. The highest BCUT2D eigenvalue weighted by atomic mass is 35.5. The van der Waals surface area contributed by atoms with Crippen LogP contribution in [0.25, 0.3) is 0 Å². The number of hydrogen-bond donors (Lipinski definition) is 0. The van der Waals surface area contributed by atoms with Crippen molar-refractivity contribution in [3.63, 3.8) is 0 Å². The van der Waals surface area contributed by atoms with Gasteiger partial charge in [-0.15, -0.1) is 12.3 Å². The Balaban J connectivity index is 2.92. The fourth-order valence-corrected chi connectivity index (χ4v) is 1.97. The summed E-state index contributed by atoms with van der Waals surface area (Å²) in [4.78, 5) is 26.9. The summed E-state index contributed by atoms with van der Waals surface area (Å²) in [7, 11) is 1.52. The molecule has 7 heteroatoms. The van der Waals surface area contributed by atoms with Crippen molar-refractivity contribution in [1.82, 2.24) is 4.98 Å². The quantitative estimate of drug-likeness (QED) is 0.313. The molecular formula is C16H18ClNO5. The van der Waals surface area contributed by atoms with Gasteiger partial charge >= 0.3 is 11.4 Å². The molecule has 0 aromatic carbocycles. The Labute approximate surface area is 140 Å². The van der Waals surface area contributed by atoms with E-state index < -0.39 is 5.43 Å². The third-order valence-corrected chi connectivity index (χ3v) is 3.04. The average Bonchev–Trinajstić information content (AvgIpc) is 2.50. The van der Waals surface area contributed by atoms with Gasteiger partial charge in [-0.25, -0.2) is 4.79 Å². The first-order chi connectivity index (χ1) is 11.0. The number of carbonyl (C=O) groups is 2. The smallest absolute Gasteiger partial charge is 0.409 e. The monoisotopic (exact) mass is 339 g/mol. The minimum atomic E-state index is -0.994. The van der Waals surface area contributed by atoms with Crippen molar-refractivity contribution >= 4 is 23.0 Å². The molecule has 0 N–H and O–H groups in total. The van der Waals surface area contributed by atoms with Crippen molar-refractivity contribution in [2.75, 3.05) is 7.11 Å². The van der Waals surface area contributed by atoms with Gasteiger partial charge in [-0.1, -0.05) is 0 Å². The number of terminal acetylenes is 1. The molecule has 0 amide bonds. The molecule has 124 valence electrons. The van der Waals surface area contributed by atoms with E-state index in [0.29, 0.717) is 29.7 Å². The number of ether oxygens (including phenoxy) is 3. The van der Waals surface area contributed by atoms with Crippen LogP contribution >= 0.6 is 11.6 Å². The van der Waals surface area contributed by atoms with Crippen LogP contribution in [0.1, 0.15) is 36.1 Å². The minimum Gasteiger partial charge on any atom is -0.461 e. The maximum Gasteiger partial charge on any atom is 0.409 e. The van der Waals surface area contributed by atoms with E-state index in [-0.39, 0.29) is 31.4 Å². The van der Waals surface area contributed by atoms with Crippen LogP contribution in [0.2, 0.25) is 0 Å². The summed E-state index contributed by atoms with van der Waals surface area (Å²) in [6.45, 7) is 1.81. The number of rotatable bonds is 8. The summed E-state index contributed by atoms with van der Waals surface area (Å²) in [5.41, 5.74) is 0.601. The average molecular weight is 340 g/mol. The fraction of sp³-hybridized carbons (Fsp3) is 0.438. The number of aromatic nitrogens is 1. The summed E-state index contributed by atoms with van der Waals surface area (Å²) in [5.74, 6) is 2.25. The molecule has 0 spiro atoms. The summed E-state index contributed by atoms with van der Waals surface area (Å²) in [6, 6.07) is 0. The van der Waals surface area contributed by atoms with Crippen molar-refractivity contribution in [1.29, 1.82) is 0 Å². The molecule has 0 aliphatic heterocycles. The van der Waals surface area contributed by atoms with Crippen molar-refractivity contribution in [2.45, 2.75) is 39.4 Å². The van der Waals surface area contributed by atoms with Crippen LogP contribution in [0, 0.1) is 19.3 Å². The molecule has 0 bridgehead atoms. The molecule has 23 heavy (non-hydrogen) atoms. The van der Waals surface area contributed by atoms with Gasteiger partial charge in [0.05, 0.1) is 12.3 Å². The fourth-order valence-electron chi connectivity index (χ4n) is 1.89. The van der Waals surface area contributed by atoms with Gasteiger partial charge in [-0.05, 0) is 13.3 Å². The zero-order chi connectivity index (χ0) is 17.2. The van der Waals surface area contributed by atoms with Crippen LogP contribution in [0.15, 0.2) is 6.20 Å². The number of aryl methyl sites for hydroxylation is 1. The lowest BCUT2D eigenvalue weighted by molar-refractivity contribution is -0.145. The largest absolute Gasteiger partial charge is 0.461 e. The van der Waals surface area contributed by atoms with Crippen molar-refractivity contribution < 1.29 is 23.8 Å². The van der Waals surface area contributed by atoms with Crippen LogP contribution in [0.4, 0.5) is 4.79 Å². The molecule has 6 nitrogen and oxygen atoms in total. The van der Waals surface area contributed by atoms with Gasteiger partial charge in [-0.2, -0.15) is 0 Å². The summed E-state index contributed by atoms with van der Waals surface area (Å²) >= 11 is 5.29. The lowest BCUT2D eigenvalue weighted by atomic mass is 10.1. The highest BCUT2D eigenvalue weighted by Gasteiger charge is 2.18. The predicted molar refractivity (Wildman–Crippen MR) is 84.0 cm³/mol. The molecule has 0 saturated heterocycles. The van der Waals surface area contributed by atoms with E-state index in [1.54, 1.807) is 13.1 Å². The Morgan fingerprint density at radius 1 is 1.39 bits per heavy atom. The van der Waals surface area contributed by atoms with E-state index in [0.717, 1.165) is 0 Å². The number of halogens is 1. The van der Waals surface area contributed by atoms with E-state index in [9.17, 15) is 9.59 Å². The highest BCUT2D eigenvalue weighted by Crippen LogP contribution is 2.27. The van der Waals surface area contributed by atoms with Gasteiger partial charge in [0.25, 0.3) is 0 Å². The van der Waals surface area contributed by atoms with Crippen molar-refractivity contribution in [3.8, 4) is 18.1 Å². The molecule has 1 rings (SSSR count). The molecule has 0 fully saturated rings. The molecule has 0 atom stereocenters. The van der Waals surface area contributed by atoms with Gasteiger partial charge < -0.3 is 14.2 Å². The standard InChI is InChI=1S/C16H18ClNO5/c1-4-5-6-7-14(19)22-10-13-12(9-21-3)8-18-11(2)15(13)23-16(17)20/h1,8H,5-7,9-10H2,2-3H3. The second-order valence-electron chi connectivity index (χ2n) is 4.67. The predicted octanol–water partition coefficient (Wildman–Crippen LogP) is 3.12. The maximum absolute atomic E-state index is 11.7. The van der Waals surface area contributed by atoms with Crippen LogP contribution < -0.4 is 4.74 Å². The van der Waals surface area contributed by atoms with Crippen LogP contribution in [-0.2, 0) is 27.5 Å². The highest BCUT2D eigenvalue weighted by molar-refractivity contribution is 6.61. The minimum absolute atomic E-state index is 0.0730. The molecule has 0 unspecified atom stereocenters. The number of pyridine rings is 1. The summed E-state index contributed by atoms with van der Waals surface area (Å²) in [5, 5.41) is 0. The third-order valence-electron chi connectivity index (χ3n) is 2.97. The normalized spacial score (nSPS) is 10.0. The molecule has 0 radical (unpaired) electrons. The first-order valence-electron chi connectivity index (χ1n) is 6.92. The maximum atomic E-state index is 11.7. The van der Waals surface area contributed by atoms with Crippen LogP contribution in [-0.4, -0.2) is 23.5 Å². The van der Waals surface area contributed by atoms with Gasteiger partial charge in [-0.3, -0.25) is 9.78 Å². The Bertz CT molecular complexity index is 609. The SMILES string of the molecule is C#CCCCC(=O)OCc1c(COC)cnc(C)c1OC(=O)Cl. The topological polar surface area (TPSA) is 74.7 Å². The Kier molecular flexibility index (Phi) is 8.09. The summed E-state index contributed by atoms with van der Waals surface area (Å²) in [6.07, 6.45) is 7.99. The van der Waals surface area contributed by atoms with Gasteiger partial charge in [0.2, 0.25) is 0 Å². The van der Waals surface area contributed by atoms with Gasteiger partial charge in [0.1, 0.15) is 6.61 Å². The zero-order valence-corrected chi connectivity index (χ0v) is 13.8. The lowest BCUT2D eigenvalue weighted by Crippen LogP contribution is -2.11. The molecular weight excluding hydrogens is 322 g/mol. The molecule has 1 aromatic heterocycles. The molecule has 1 aromatic rings. The molecule has 0 aliphatic rings. The van der Waals surface area contributed by atoms with E-state index in [1.165, 1.54) is 7.11 Å². The molecule has 1 heterocycles. The van der Waals surface area contributed by atoms with E-state index in [4.69, 9.17) is 32.2 Å².